The Balaban J connectivity index is 2.54. The van der Waals surface area contributed by atoms with Gasteiger partial charge in [0.05, 0.1) is 11.3 Å². The van der Waals surface area contributed by atoms with Gasteiger partial charge in [-0.25, -0.2) is 4.79 Å². The minimum Gasteiger partial charge on any atom is -0.479 e. The molecule has 21 heavy (non-hydrogen) atoms. The van der Waals surface area contributed by atoms with Crippen LogP contribution in [0.3, 0.4) is 0 Å². The topological polar surface area (TPSA) is 83.6 Å². The Morgan fingerprint density at radius 3 is 2.76 bits per heavy atom. The minimum absolute atomic E-state index is 0.355. The maximum Gasteiger partial charge on any atom is 0.329 e. The Labute approximate surface area is 132 Å². The van der Waals surface area contributed by atoms with Crippen molar-refractivity contribution in [3.05, 3.63) is 28.2 Å². The molecule has 1 heterocycles. The number of amides is 1. The molecule has 0 saturated carbocycles. The average Bonchev–Trinajstić information content (AvgIpc) is 2.84. The first-order valence-electron chi connectivity index (χ1n) is 7.03. The number of carboxylic acids is 1. The molecule has 3 N–H and O–H groups in total. The van der Waals surface area contributed by atoms with E-state index in [4.69, 9.17) is 5.73 Å². The van der Waals surface area contributed by atoms with Gasteiger partial charge in [0.2, 0.25) is 0 Å². The second-order valence-electron chi connectivity index (χ2n) is 5.37. The number of anilines is 1. The number of benzene rings is 1. The minimum atomic E-state index is -0.938. The Kier molecular flexibility index (Phi) is 4.56. The van der Waals surface area contributed by atoms with Crippen LogP contribution in [-0.4, -0.2) is 29.1 Å². The van der Waals surface area contributed by atoms with Crippen molar-refractivity contribution in [3.8, 4) is 0 Å². The fourth-order valence-electron chi connectivity index (χ4n) is 3.17. The van der Waals surface area contributed by atoms with Crippen LogP contribution in [0.1, 0.15) is 43.0 Å². The smallest absolute Gasteiger partial charge is 0.329 e. The van der Waals surface area contributed by atoms with Crippen LogP contribution < -0.4 is 10.6 Å². The van der Waals surface area contributed by atoms with Crippen molar-refractivity contribution in [2.24, 2.45) is 5.73 Å². The predicted octanol–water partition coefficient (Wildman–Crippen LogP) is 2.77. The van der Waals surface area contributed by atoms with E-state index in [0.717, 1.165) is 17.3 Å². The van der Waals surface area contributed by atoms with Crippen LogP contribution in [-0.2, 0) is 4.79 Å². The summed E-state index contributed by atoms with van der Waals surface area (Å²) in [6.07, 6.45) is 2.70. The van der Waals surface area contributed by atoms with Gasteiger partial charge in [0.25, 0.3) is 5.91 Å². The molecule has 0 aromatic heterocycles. The van der Waals surface area contributed by atoms with E-state index in [2.05, 4.69) is 15.9 Å². The predicted molar refractivity (Wildman–Crippen MR) is 84.5 cm³/mol. The van der Waals surface area contributed by atoms with Gasteiger partial charge in [-0.15, -0.1) is 0 Å². The molecule has 1 aromatic carbocycles. The van der Waals surface area contributed by atoms with Gasteiger partial charge in [0.15, 0.2) is 0 Å². The van der Waals surface area contributed by atoms with E-state index in [0.29, 0.717) is 30.6 Å². The average molecular weight is 355 g/mol. The van der Waals surface area contributed by atoms with E-state index in [9.17, 15) is 14.7 Å². The number of primary amides is 1. The molecule has 0 radical (unpaired) electrons. The number of halogens is 1. The van der Waals surface area contributed by atoms with Crippen molar-refractivity contribution >= 4 is 33.5 Å². The SMILES string of the molecule is CCCC1(C(=O)O)CCCN1c1ccc(Br)cc1C(N)=O. The zero-order valence-corrected chi connectivity index (χ0v) is 13.5. The monoisotopic (exact) mass is 354 g/mol. The standard InChI is InChI=1S/C15H19BrN2O3/c1-2-6-15(14(20)21)7-3-8-18(15)12-5-4-10(16)9-11(12)13(17)19/h4-5,9H,2-3,6-8H2,1H3,(H2,17,19)(H,20,21). The summed E-state index contributed by atoms with van der Waals surface area (Å²) < 4.78 is 0.746. The van der Waals surface area contributed by atoms with Crippen LogP contribution >= 0.6 is 15.9 Å². The summed E-state index contributed by atoms with van der Waals surface area (Å²) >= 11 is 3.32. The summed E-state index contributed by atoms with van der Waals surface area (Å²) in [5, 5.41) is 9.74. The molecule has 1 fully saturated rings. The molecular weight excluding hydrogens is 336 g/mol. The van der Waals surface area contributed by atoms with Gasteiger partial charge in [-0.1, -0.05) is 29.3 Å². The van der Waals surface area contributed by atoms with E-state index in [1.807, 2.05) is 11.8 Å². The van der Waals surface area contributed by atoms with Gasteiger partial charge in [-0.3, -0.25) is 4.79 Å². The molecule has 0 aliphatic carbocycles. The molecular formula is C15H19BrN2O3. The van der Waals surface area contributed by atoms with Gasteiger partial charge >= 0.3 is 5.97 Å². The fourth-order valence-corrected chi connectivity index (χ4v) is 3.53. The van der Waals surface area contributed by atoms with Crippen LogP contribution in [0.5, 0.6) is 0 Å². The molecule has 1 amide bonds. The number of carbonyl (C=O) groups is 2. The third-order valence-corrected chi connectivity index (χ3v) is 4.56. The molecule has 6 heteroatoms. The van der Waals surface area contributed by atoms with Gasteiger partial charge in [0, 0.05) is 11.0 Å². The third kappa shape index (κ3) is 2.77. The number of rotatable bonds is 5. The zero-order valence-electron chi connectivity index (χ0n) is 11.9. The zero-order chi connectivity index (χ0) is 15.6. The lowest BCUT2D eigenvalue weighted by molar-refractivity contribution is -0.143. The second kappa shape index (κ2) is 6.05. The first kappa shape index (κ1) is 15.8. The van der Waals surface area contributed by atoms with Crippen LogP contribution in [0.25, 0.3) is 0 Å². The molecule has 114 valence electrons. The Bertz CT molecular complexity index is 576. The fraction of sp³-hybridized carbons (Fsp3) is 0.467. The molecule has 2 rings (SSSR count). The molecule has 1 aliphatic heterocycles. The summed E-state index contributed by atoms with van der Waals surface area (Å²) in [6.45, 7) is 2.59. The lowest BCUT2D eigenvalue weighted by atomic mass is 9.90. The highest BCUT2D eigenvalue weighted by Crippen LogP contribution is 2.40. The van der Waals surface area contributed by atoms with Crippen LogP contribution in [0, 0.1) is 0 Å². The lowest BCUT2D eigenvalue weighted by Crippen LogP contribution is -2.51. The van der Waals surface area contributed by atoms with Gasteiger partial charge in [-0.05, 0) is 37.5 Å². The number of carbonyl (C=O) groups excluding carboxylic acids is 1. The lowest BCUT2D eigenvalue weighted by Gasteiger charge is -2.37. The largest absolute Gasteiger partial charge is 0.479 e. The van der Waals surface area contributed by atoms with Crippen LogP contribution in [0.4, 0.5) is 5.69 Å². The highest BCUT2D eigenvalue weighted by atomic mass is 79.9. The Morgan fingerprint density at radius 1 is 1.48 bits per heavy atom. The number of aliphatic carboxylic acids is 1. The van der Waals surface area contributed by atoms with E-state index in [-0.39, 0.29) is 0 Å². The Hall–Kier alpha value is -1.56. The van der Waals surface area contributed by atoms with Crippen LogP contribution in [0.2, 0.25) is 0 Å². The molecule has 1 saturated heterocycles. The van der Waals surface area contributed by atoms with Crippen molar-refractivity contribution < 1.29 is 14.7 Å². The van der Waals surface area contributed by atoms with Crippen molar-refractivity contribution in [2.75, 3.05) is 11.4 Å². The Morgan fingerprint density at radius 2 is 2.19 bits per heavy atom. The highest BCUT2D eigenvalue weighted by Gasteiger charge is 2.47. The summed E-state index contributed by atoms with van der Waals surface area (Å²) in [5.74, 6) is -1.38. The summed E-state index contributed by atoms with van der Waals surface area (Å²) in [7, 11) is 0. The first-order valence-corrected chi connectivity index (χ1v) is 7.82. The van der Waals surface area contributed by atoms with Crippen LogP contribution in [0.15, 0.2) is 22.7 Å². The van der Waals surface area contributed by atoms with E-state index < -0.39 is 17.4 Å². The van der Waals surface area contributed by atoms with E-state index in [1.165, 1.54) is 0 Å². The molecule has 1 aromatic rings. The van der Waals surface area contributed by atoms with E-state index >= 15 is 0 Å². The molecule has 0 spiro atoms. The normalized spacial score (nSPS) is 21.5. The molecule has 1 atom stereocenters. The molecule has 0 bridgehead atoms. The van der Waals surface area contributed by atoms with Crippen molar-refractivity contribution in [3.63, 3.8) is 0 Å². The maximum absolute atomic E-state index is 11.9. The third-order valence-electron chi connectivity index (χ3n) is 4.07. The summed E-state index contributed by atoms with van der Waals surface area (Å²) in [4.78, 5) is 25.4. The summed E-state index contributed by atoms with van der Waals surface area (Å²) in [6, 6.07) is 5.22. The first-order chi connectivity index (χ1) is 9.92. The number of hydrogen-bond acceptors (Lipinski definition) is 3. The number of nitrogens with two attached hydrogens (primary N) is 1. The highest BCUT2D eigenvalue weighted by molar-refractivity contribution is 9.10. The van der Waals surface area contributed by atoms with Gasteiger partial charge in [0.1, 0.15) is 5.54 Å². The number of hydrogen-bond donors (Lipinski definition) is 2. The van der Waals surface area contributed by atoms with E-state index in [1.54, 1.807) is 18.2 Å². The molecule has 1 unspecified atom stereocenters. The van der Waals surface area contributed by atoms with Gasteiger partial charge < -0.3 is 15.7 Å². The quantitative estimate of drug-likeness (QED) is 0.851. The molecule has 1 aliphatic rings. The summed E-state index contributed by atoms with van der Waals surface area (Å²) in [5.41, 5.74) is 5.48. The number of carboxylic acid groups (broad SMARTS) is 1. The second-order valence-corrected chi connectivity index (χ2v) is 6.28. The van der Waals surface area contributed by atoms with Gasteiger partial charge in [-0.2, -0.15) is 0 Å². The van der Waals surface area contributed by atoms with Crippen molar-refractivity contribution in [1.82, 2.24) is 0 Å². The van der Waals surface area contributed by atoms with Crippen molar-refractivity contribution in [1.29, 1.82) is 0 Å². The molecule has 5 nitrogen and oxygen atoms in total. The maximum atomic E-state index is 11.9. The van der Waals surface area contributed by atoms with Crippen molar-refractivity contribution in [2.45, 2.75) is 38.1 Å². The number of nitrogens with zero attached hydrogens (tertiary/aromatic N) is 1.